The lowest BCUT2D eigenvalue weighted by Crippen LogP contribution is -2.07. The van der Waals surface area contributed by atoms with Crippen molar-refractivity contribution in [3.05, 3.63) is 77.0 Å². The lowest BCUT2D eigenvalue weighted by atomic mass is 10.2. The van der Waals surface area contributed by atoms with Gasteiger partial charge in [-0.05, 0) is 35.9 Å². The minimum Gasteiger partial charge on any atom is -0.414 e. The number of carbonyl (C=O) groups is 1. The minimum absolute atomic E-state index is 0.279. The van der Waals surface area contributed by atoms with Gasteiger partial charge in [-0.1, -0.05) is 30.3 Å². The fourth-order valence-corrected chi connectivity index (χ4v) is 2.86. The molecule has 24 heavy (non-hydrogen) atoms. The maximum atomic E-state index is 13.0. The molecular weight excluding hydrogens is 334 g/mol. The van der Waals surface area contributed by atoms with Crippen molar-refractivity contribution in [3.8, 4) is 0 Å². The van der Waals surface area contributed by atoms with Crippen LogP contribution in [0.2, 0.25) is 0 Å². The number of hydrogen-bond donors (Lipinski definition) is 0. The molecule has 0 bridgehead atoms. The zero-order chi connectivity index (χ0) is 17.6. The summed E-state index contributed by atoms with van der Waals surface area (Å²) in [5, 5.41) is 0. The molecule has 0 heterocycles. The summed E-state index contributed by atoms with van der Waals surface area (Å²) in [7, 11) is -1.46. The Bertz CT molecular complexity index is 763. The molecular formula is C17H16FO5P. The molecule has 2 aromatic rings. The molecule has 126 valence electrons. The Morgan fingerprint density at radius 2 is 1.58 bits per heavy atom. The van der Waals surface area contributed by atoms with Crippen molar-refractivity contribution in [1.82, 2.24) is 0 Å². The number of esters is 1. The van der Waals surface area contributed by atoms with E-state index in [2.05, 4.69) is 0 Å². The van der Waals surface area contributed by atoms with Crippen LogP contribution in [0, 0.1) is 5.82 Å². The number of ether oxygens (including phenoxy) is 1. The Balaban J connectivity index is 2.38. The van der Waals surface area contributed by atoms with E-state index in [1.165, 1.54) is 44.6 Å². The Labute approximate surface area is 139 Å². The molecule has 0 aromatic heterocycles. The van der Waals surface area contributed by atoms with Gasteiger partial charge in [0, 0.05) is 14.2 Å². The maximum absolute atomic E-state index is 13.0. The van der Waals surface area contributed by atoms with E-state index < -0.39 is 19.4 Å². The van der Waals surface area contributed by atoms with Crippen LogP contribution in [-0.2, 0) is 18.3 Å². The number of halogens is 1. The highest BCUT2D eigenvalue weighted by molar-refractivity contribution is 7.58. The lowest BCUT2D eigenvalue weighted by molar-refractivity contribution is 0.0635. The van der Waals surface area contributed by atoms with Crippen LogP contribution in [0.3, 0.4) is 0 Å². The largest absolute Gasteiger partial charge is 0.414 e. The summed E-state index contributed by atoms with van der Waals surface area (Å²) in [6.07, 6.45) is 1.31. The van der Waals surface area contributed by atoms with E-state index in [-0.39, 0.29) is 11.1 Å². The maximum Gasteiger partial charge on any atom is 0.395 e. The van der Waals surface area contributed by atoms with Gasteiger partial charge in [-0.2, -0.15) is 0 Å². The Morgan fingerprint density at radius 1 is 1.00 bits per heavy atom. The minimum atomic E-state index is -3.82. The third-order valence-electron chi connectivity index (χ3n) is 3.12. The van der Waals surface area contributed by atoms with Gasteiger partial charge in [-0.3, -0.25) is 4.57 Å². The van der Waals surface area contributed by atoms with Crippen LogP contribution in [0.4, 0.5) is 4.39 Å². The second-order valence-electron chi connectivity index (χ2n) is 4.65. The van der Waals surface area contributed by atoms with Crippen LogP contribution in [0.5, 0.6) is 0 Å². The SMILES string of the molecule is COP(=O)(OC)/C(=C/c1ccc(F)cc1)OC(=O)c1ccccc1. The number of rotatable bonds is 6. The summed E-state index contributed by atoms with van der Waals surface area (Å²) < 4.78 is 40.7. The number of benzene rings is 2. The average molecular weight is 350 g/mol. The van der Waals surface area contributed by atoms with Gasteiger partial charge in [-0.25, -0.2) is 9.18 Å². The summed E-state index contributed by atoms with van der Waals surface area (Å²) in [4.78, 5) is 12.2. The van der Waals surface area contributed by atoms with Gasteiger partial charge >= 0.3 is 13.6 Å². The molecule has 0 atom stereocenters. The van der Waals surface area contributed by atoms with Crippen LogP contribution in [0.1, 0.15) is 15.9 Å². The van der Waals surface area contributed by atoms with Crippen LogP contribution in [0.15, 0.2) is 60.1 Å². The molecule has 5 nitrogen and oxygen atoms in total. The predicted molar refractivity (Wildman–Crippen MR) is 87.9 cm³/mol. The second-order valence-corrected chi connectivity index (χ2v) is 6.82. The van der Waals surface area contributed by atoms with Gasteiger partial charge in [0.05, 0.1) is 5.56 Å². The smallest absolute Gasteiger partial charge is 0.395 e. The van der Waals surface area contributed by atoms with Crippen molar-refractivity contribution in [2.24, 2.45) is 0 Å². The van der Waals surface area contributed by atoms with E-state index in [9.17, 15) is 13.8 Å². The van der Waals surface area contributed by atoms with Gasteiger partial charge in [0.2, 0.25) is 5.50 Å². The summed E-state index contributed by atoms with van der Waals surface area (Å²) in [6, 6.07) is 13.6. The fourth-order valence-electron chi connectivity index (χ4n) is 1.85. The molecule has 0 aliphatic carbocycles. The normalized spacial score (nSPS) is 12.0. The molecule has 0 amide bonds. The molecule has 0 unspecified atom stereocenters. The quantitative estimate of drug-likeness (QED) is 0.437. The van der Waals surface area contributed by atoms with Crippen LogP contribution < -0.4 is 0 Å². The second kappa shape index (κ2) is 8.02. The topological polar surface area (TPSA) is 61.8 Å². The van der Waals surface area contributed by atoms with Crippen molar-refractivity contribution in [2.45, 2.75) is 0 Å². The van der Waals surface area contributed by atoms with Crippen LogP contribution in [0.25, 0.3) is 6.08 Å². The van der Waals surface area contributed by atoms with Crippen molar-refractivity contribution in [1.29, 1.82) is 0 Å². The van der Waals surface area contributed by atoms with Gasteiger partial charge in [-0.15, -0.1) is 0 Å². The molecule has 0 radical (unpaired) electrons. The molecule has 0 fully saturated rings. The van der Waals surface area contributed by atoms with E-state index in [0.29, 0.717) is 5.56 Å². The highest BCUT2D eigenvalue weighted by atomic mass is 31.2. The summed E-state index contributed by atoms with van der Waals surface area (Å²) >= 11 is 0. The first-order valence-corrected chi connectivity index (χ1v) is 8.49. The first kappa shape index (κ1) is 18.1. The third-order valence-corrected chi connectivity index (χ3v) is 4.84. The first-order valence-electron chi connectivity index (χ1n) is 6.95. The molecule has 2 aromatic carbocycles. The zero-order valence-electron chi connectivity index (χ0n) is 13.1. The third kappa shape index (κ3) is 4.38. The summed E-state index contributed by atoms with van der Waals surface area (Å²) in [5.41, 5.74) is 0.468. The van der Waals surface area contributed by atoms with Crippen molar-refractivity contribution in [3.63, 3.8) is 0 Å². The van der Waals surface area contributed by atoms with Crippen molar-refractivity contribution in [2.75, 3.05) is 14.2 Å². The van der Waals surface area contributed by atoms with E-state index >= 15 is 0 Å². The summed E-state index contributed by atoms with van der Waals surface area (Å²) in [6.45, 7) is 0. The van der Waals surface area contributed by atoms with E-state index in [1.807, 2.05) is 0 Å². The van der Waals surface area contributed by atoms with Gasteiger partial charge in [0.25, 0.3) is 0 Å². The van der Waals surface area contributed by atoms with Gasteiger partial charge in [0.1, 0.15) is 5.82 Å². The molecule has 7 heteroatoms. The Hall–Kier alpha value is -2.27. The molecule has 0 saturated heterocycles. The summed E-state index contributed by atoms with van der Waals surface area (Å²) in [5.74, 6) is -1.13. The average Bonchev–Trinajstić information content (AvgIpc) is 2.63. The molecule has 0 aliphatic rings. The molecule has 0 saturated carbocycles. The highest BCUT2D eigenvalue weighted by Crippen LogP contribution is 2.55. The standard InChI is InChI=1S/C17H16FO5P/c1-21-24(20,22-2)16(12-13-8-10-15(18)11-9-13)23-17(19)14-6-4-3-5-7-14/h3-12H,1-2H3/b16-12+. The van der Waals surface area contributed by atoms with Crippen LogP contribution >= 0.6 is 7.60 Å². The van der Waals surface area contributed by atoms with Crippen LogP contribution in [-0.4, -0.2) is 20.2 Å². The molecule has 2 rings (SSSR count). The van der Waals surface area contributed by atoms with Crippen molar-refractivity contribution < 1.29 is 27.5 Å². The predicted octanol–water partition coefficient (Wildman–Crippen LogP) is 4.47. The number of carbonyl (C=O) groups excluding carboxylic acids is 1. The fraction of sp³-hybridized carbons (Fsp3) is 0.118. The van der Waals surface area contributed by atoms with Gasteiger partial charge in [0.15, 0.2) is 0 Å². The lowest BCUT2D eigenvalue weighted by Gasteiger charge is -2.17. The monoisotopic (exact) mass is 350 g/mol. The molecule has 0 spiro atoms. The Kier molecular flexibility index (Phi) is 6.04. The zero-order valence-corrected chi connectivity index (χ0v) is 14.0. The van der Waals surface area contributed by atoms with E-state index in [4.69, 9.17) is 13.8 Å². The van der Waals surface area contributed by atoms with E-state index in [1.54, 1.807) is 30.3 Å². The first-order chi connectivity index (χ1) is 11.5. The molecule has 0 N–H and O–H groups in total. The number of hydrogen-bond acceptors (Lipinski definition) is 5. The van der Waals surface area contributed by atoms with E-state index in [0.717, 1.165) is 0 Å². The Morgan fingerprint density at radius 3 is 2.12 bits per heavy atom. The van der Waals surface area contributed by atoms with Gasteiger partial charge < -0.3 is 13.8 Å². The molecule has 0 aliphatic heterocycles. The highest BCUT2D eigenvalue weighted by Gasteiger charge is 2.32. The van der Waals surface area contributed by atoms with Crippen molar-refractivity contribution >= 4 is 19.6 Å².